The first-order valence-electron chi connectivity index (χ1n) is 6.48. The Morgan fingerprint density at radius 1 is 1.41 bits per heavy atom. The maximum absolute atomic E-state index is 12.1. The van der Waals surface area contributed by atoms with Crippen molar-refractivity contribution in [3.8, 4) is 17.3 Å². The van der Waals surface area contributed by atoms with E-state index >= 15 is 0 Å². The summed E-state index contributed by atoms with van der Waals surface area (Å²) in [7, 11) is 0. The molecule has 0 radical (unpaired) electrons. The van der Waals surface area contributed by atoms with Gasteiger partial charge in [-0.2, -0.15) is 5.26 Å². The van der Waals surface area contributed by atoms with E-state index in [1.165, 1.54) is 23.7 Å². The van der Waals surface area contributed by atoms with E-state index in [4.69, 9.17) is 5.26 Å². The number of rotatable bonds is 2. The third-order valence-electron chi connectivity index (χ3n) is 3.10. The molecule has 0 bridgehead atoms. The minimum absolute atomic E-state index is 0.182. The first-order chi connectivity index (χ1) is 10.6. The summed E-state index contributed by atoms with van der Waals surface area (Å²) in [5.74, 6) is -0.182. The second kappa shape index (κ2) is 5.18. The number of aromatic nitrogens is 3. The van der Waals surface area contributed by atoms with E-state index in [2.05, 4.69) is 15.4 Å². The summed E-state index contributed by atoms with van der Waals surface area (Å²) < 4.78 is 1.21. The molecular weight excluding hydrogens is 282 g/mol. The van der Waals surface area contributed by atoms with E-state index in [0.29, 0.717) is 16.9 Å². The Balaban J connectivity index is 2.16. The molecule has 2 aromatic heterocycles. The third kappa shape index (κ3) is 2.33. The molecule has 0 aliphatic carbocycles. The van der Waals surface area contributed by atoms with Crippen LogP contribution in [-0.2, 0) is 4.79 Å². The summed E-state index contributed by atoms with van der Waals surface area (Å²) in [6.45, 7) is 1.42. The van der Waals surface area contributed by atoms with Crippen molar-refractivity contribution in [1.29, 1.82) is 5.26 Å². The second-order valence-corrected chi connectivity index (χ2v) is 4.70. The molecule has 2 N–H and O–H groups in total. The van der Waals surface area contributed by atoms with Gasteiger partial charge in [0.05, 0.1) is 5.69 Å². The molecular formula is C15H11N5O2. The first kappa shape index (κ1) is 13.6. The molecule has 0 saturated carbocycles. The van der Waals surface area contributed by atoms with Crippen molar-refractivity contribution >= 4 is 17.2 Å². The van der Waals surface area contributed by atoms with Gasteiger partial charge in [-0.3, -0.25) is 14.7 Å². The van der Waals surface area contributed by atoms with Crippen molar-refractivity contribution < 1.29 is 4.79 Å². The zero-order valence-electron chi connectivity index (χ0n) is 11.6. The fourth-order valence-electron chi connectivity index (χ4n) is 2.17. The molecule has 0 fully saturated rings. The summed E-state index contributed by atoms with van der Waals surface area (Å²) in [6, 6.07) is 10.4. The molecule has 0 aliphatic heterocycles. The Morgan fingerprint density at radius 2 is 2.23 bits per heavy atom. The highest BCUT2D eigenvalue weighted by Gasteiger charge is 2.10. The summed E-state index contributed by atoms with van der Waals surface area (Å²) in [5, 5.41) is 14.4. The van der Waals surface area contributed by atoms with Gasteiger partial charge in [-0.25, -0.2) is 9.50 Å². The van der Waals surface area contributed by atoms with Crippen LogP contribution in [-0.4, -0.2) is 20.5 Å². The lowest BCUT2D eigenvalue weighted by atomic mass is 10.1. The van der Waals surface area contributed by atoms with Crippen LogP contribution in [0.4, 0.5) is 5.69 Å². The number of aromatic amines is 1. The average Bonchev–Trinajstić information content (AvgIpc) is 2.90. The van der Waals surface area contributed by atoms with Crippen molar-refractivity contribution in [2.75, 3.05) is 5.32 Å². The lowest BCUT2D eigenvalue weighted by Crippen LogP contribution is -2.14. The number of amides is 1. The van der Waals surface area contributed by atoms with E-state index in [1.54, 1.807) is 24.3 Å². The number of benzene rings is 1. The fraction of sp³-hybridized carbons (Fsp3) is 0.0667. The quantitative estimate of drug-likeness (QED) is 0.747. The van der Waals surface area contributed by atoms with Gasteiger partial charge in [-0.1, -0.05) is 12.1 Å². The zero-order chi connectivity index (χ0) is 15.7. The molecule has 1 amide bonds. The van der Waals surface area contributed by atoms with E-state index < -0.39 is 0 Å². The Hall–Kier alpha value is -3.40. The molecule has 3 aromatic rings. The second-order valence-electron chi connectivity index (χ2n) is 4.70. The Morgan fingerprint density at radius 3 is 2.95 bits per heavy atom. The van der Waals surface area contributed by atoms with Gasteiger partial charge >= 0.3 is 0 Å². The van der Waals surface area contributed by atoms with Crippen molar-refractivity contribution in [2.45, 2.75) is 6.92 Å². The number of nitrogens with one attached hydrogen (secondary N) is 2. The van der Waals surface area contributed by atoms with Gasteiger partial charge in [0.1, 0.15) is 11.6 Å². The van der Waals surface area contributed by atoms with Crippen LogP contribution >= 0.6 is 0 Å². The topological polar surface area (TPSA) is 103 Å². The number of carbonyl (C=O) groups is 1. The lowest BCUT2D eigenvalue weighted by Gasteiger charge is -2.05. The van der Waals surface area contributed by atoms with E-state index in [9.17, 15) is 9.59 Å². The van der Waals surface area contributed by atoms with Gasteiger partial charge in [-0.05, 0) is 12.1 Å². The van der Waals surface area contributed by atoms with Crippen LogP contribution < -0.4 is 10.9 Å². The Labute approximate surface area is 124 Å². The van der Waals surface area contributed by atoms with Crippen molar-refractivity contribution in [3.05, 3.63) is 52.4 Å². The highest BCUT2D eigenvalue weighted by molar-refractivity contribution is 5.89. The van der Waals surface area contributed by atoms with Crippen molar-refractivity contribution in [3.63, 3.8) is 0 Å². The maximum atomic E-state index is 12.1. The number of H-pyrrole nitrogens is 1. The van der Waals surface area contributed by atoms with Crippen molar-refractivity contribution in [1.82, 2.24) is 14.6 Å². The van der Waals surface area contributed by atoms with Gasteiger partial charge in [0.25, 0.3) is 5.56 Å². The number of hydrogen-bond donors (Lipinski definition) is 2. The van der Waals surface area contributed by atoms with Gasteiger partial charge in [0.2, 0.25) is 5.91 Å². The fourth-order valence-corrected chi connectivity index (χ4v) is 2.17. The normalized spacial score (nSPS) is 10.4. The SMILES string of the molecule is CC(=O)Nc1cccc(-c2cc(=O)n3[nH]cc(C#N)c3n2)c1. The van der Waals surface area contributed by atoms with Crippen LogP contribution in [0.25, 0.3) is 16.9 Å². The number of nitriles is 1. The van der Waals surface area contributed by atoms with Crippen LogP contribution in [0, 0.1) is 11.3 Å². The third-order valence-corrected chi connectivity index (χ3v) is 3.10. The standard InChI is InChI=1S/C15H11N5O2/c1-9(21)18-12-4-2-3-10(5-12)13-6-14(22)20-15(19-13)11(7-16)8-17-20/h2-6,8,17H,1H3,(H,18,21). The summed E-state index contributed by atoms with van der Waals surface area (Å²) >= 11 is 0. The summed E-state index contributed by atoms with van der Waals surface area (Å²) in [4.78, 5) is 27.5. The Bertz CT molecular complexity index is 977. The minimum atomic E-state index is -0.313. The molecule has 3 rings (SSSR count). The number of nitrogens with zero attached hydrogens (tertiary/aromatic N) is 3. The van der Waals surface area contributed by atoms with Crippen LogP contribution in [0.5, 0.6) is 0 Å². The van der Waals surface area contributed by atoms with Crippen LogP contribution in [0.1, 0.15) is 12.5 Å². The minimum Gasteiger partial charge on any atom is -0.326 e. The molecule has 0 unspecified atom stereocenters. The van der Waals surface area contributed by atoms with Crippen LogP contribution in [0.15, 0.2) is 41.3 Å². The predicted molar refractivity (Wildman–Crippen MR) is 80.3 cm³/mol. The molecule has 0 aliphatic rings. The molecule has 108 valence electrons. The molecule has 2 heterocycles. The monoisotopic (exact) mass is 293 g/mol. The average molecular weight is 293 g/mol. The number of carbonyl (C=O) groups excluding carboxylic acids is 1. The highest BCUT2D eigenvalue weighted by atomic mass is 16.1. The molecule has 1 aromatic carbocycles. The maximum Gasteiger partial charge on any atom is 0.273 e. The van der Waals surface area contributed by atoms with E-state index in [-0.39, 0.29) is 22.7 Å². The van der Waals surface area contributed by atoms with Gasteiger partial charge in [0, 0.05) is 30.4 Å². The largest absolute Gasteiger partial charge is 0.326 e. The van der Waals surface area contributed by atoms with Crippen molar-refractivity contribution in [2.24, 2.45) is 0 Å². The van der Waals surface area contributed by atoms with Gasteiger partial charge in [0.15, 0.2) is 5.65 Å². The van der Waals surface area contributed by atoms with Crippen LogP contribution in [0.2, 0.25) is 0 Å². The highest BCUT2D eigenvalue weighted by Crippen LogP contribution is 2.21. The molecule has 0 atom stereocenters. The lowest BCUT2D eigenvalue weighted by molar-refractivity contribution is -0.114. The zero-order valence-corrected chi connectivity index (χ0v) is 11.6. The summed E-state index contributed by atoms with van der Waals surface area (Å²) in [6.07, 6.45) is 1.43. The number of fused-ring (bicyclic) bond motifs is 1. The predicted octanol–water partition coefficient (Wildman–Crippen LogP) is 1.52. The van der Waals surface area contributed by atoms with E-state index in [1.807, 2.05) is 6.07 Å². The summed E-state index contributed by atoms with van der Waals surface area (Å²) in [5.41, 5.74) is 1.98. The number of anilines is 1. The van der Waals surface area contributed by atoms with Crippen LogP contribution in [0.3, 0.4) is 0 Å². The Kier molecular flexibility index (Phi) is 3.20. The molecule has 7 heteroatoms. The van der Waals surface area contributed by atoms with Gasteiger partial charge < -0.3 is 5.32 Å². The van der Waals surface area contributed by atoms with Gasteiger partial charge in [-0.15, -0.1) is 0 Å². The molecule has 0 saturated heterocycles. The molecule has 22 heavy (non-hydrogen) atoms. The van der Waals surface area contributed by atoms with E-state index in [0.717, 1.165) is 0 Å². The number of hydrogen-bond acceptors (Lipinski definition) is 4. The molecule has 7 nitrogen and oxygen atoms in total. The first-order valence-corrected chi connectivity index (χ1v) is 6.48. The molecule has 0 spiro atoms. The smallest absolute Gasteiger partial charge is 0.273 e.